The van der Waals surface area contributed by atoms with Crippen molar-refractivity contribution >= 4 is 29.1 Å². The van der Waals surface area contributed by atoms with Gasteiger partial charge in [0.25, 0.3) is 11.1 Å². The predicted octanol–water partition coefficient (Wildman–Crippen LogP) is 6.61. The van der Waals surface area contributed by atoms with Gasteiger partial charge in [0.1, 0.15) is 0 Å². The van der Waals surface area contributed by atoms with E-state index in [1.807, 2.05) is 85.1 Å². The molecule has 0 saturated carbocycles. The van der Waals surface area contributed by atoms with Crippen molar-refractivity contribution in [1.82, 2.24) is 19.9 Å². The third kappa shape index (κ3) is 9.35. The predicted molar refractivity (Wildman–Crippen MR) is 173 cm³/mol. The summed E-state index contributed by atoms with van der Waals surface area (Å²) in [5, 5.41) is 3.74. The van der Waals surface area contributed by atoms with E-state index in [9.17, 15) is 9.59 Å². The number of thioether (sulfide) groups is 1. The third-order valence-electron chi connectivity index (χ3n) is 5.74. The first-order valence-electron chi connectivity index (χ1n) is 13.0. The number of hydrogen-bond donors (Lipinski definition) is 4. The number of nitrogens with one attached hydrogen (secondary N) is 3. The van der Waals surface area contributed by atoms with Gasteiger partial charge in [-0.15, -0.1) is 0 Å². The highest BCUT2D eigenvalue weighted by molar-refractivity contribution is 7.98. The Morgan fingerprint density at radius 1 is 0.619 bits per heavy atom. The zero-order chi connectivity index (χ0) is 29.6. The molecule has 0 aliphatic carbocycles. The van der Waals surface area contributed by atoms with Crippen LogP contribution in [0.5, 0.6) is 0 Å². The van der Waals surface area contributed by atoms with Crippen LogP contribution in [0.1, 0.15) is 0 Å². The quantitative estimate of drug-likeness (QED) is 0.104. The van der Waals surface area contributed by atoms with Crippen molar-refractivity contribution in [1.29, 1.82) is 0 Å². The lowest BCUT2D eigenvalue weighted by atomic mass is 10.1. The average Bonchev–Trinajstić information content (AvgIpc) is 3.03. The topological polar surface area (TPSA) is 130 Å². The third-order valence-corrected chi connectivity index (χ3v) is 6.33. The fraction of sp³-hybridized carbons (Fsp3) is 0.0303. The van der Waals surface area contributed by atoms with E-state index < -0.39 is 0 Å². The van der Waals surface area contributed by atoms with Crippen LogP contribution in [0.4, 0.5) is 17.3 Å². The second-order valence-corrected chi connectivity index (χ2v) is 9.58. The van der Waals surface area contributed by atoms with Crippen molar-refractivity contribution in [2.24, 2.45) is 0 Å². The Morgan fingerprint density at radius 3 is 1.71 bits per heavy atom. The van der Waals surface area contributed by atoms with Crippen LogP contribution in [-0.4, -0.2) is 26.2 Å². The average molecular weight is 575 g/mol. The van der Waals surface area contributed by atoms with E-state index in [4.69, 9.17) is 5.73 Å². The number of nitrogens with two attached hydrogens (primary N) is 1. The van der Waals surface area contributed by atoms with Crippen LogP contribution in [-0.2, 0) is 0 Å². The first-order valence-corrected chi connectivity index (χ1v) is 14.2. The molecule has 0 bridgehead atoms. The highest BCUT2D eigenvalue weighted by atomic mass is 32.2. The van der Waals surface area contributed by atoms with Crippen molar-refractivity contribution in [2.75, 3.05) is 17.3 Å². The molecule has 2 heterocycles. The van der Waals surface area contributed by atoms with E-state index in [0.29, 0.717) is 11.1 Å². The number of aromatic amines is 2. The zero-order valence-electron chi connectivity index (χ0n) is 22.9. The van der Waals surface area contributed by atoms with Gasteiger partial charge in [0, 0.05) is 35.9 Å². The van der Waals surface area contributed by atoms with Gasteiger partial charge in [-0.25, -0.2) is 9.97 Å². The number of hydrogen-bond acceptors (Lipinski definition) is 7. The molecule has 2 aromatic heterocycles. The van der Waals surface area contributed by atoms with Crippen LogP contribution >= 0.6 is 11.8 Å². The maximum Gasteiger partial charge on any atom is 0.252 e. The molecule has 0 aliphatic rings. The van der Waals surface area contributed by atoms with Crippen molar-refractivity contribution in [3.63, 3.8) is 0 Å². The van der Waals surface area contributed by atoms with Crippen LogP contribution < -0.4 is 22.2 Å². The maximum atomic E-state index is 11.2. The number of nitrogens with zero attached hydrogens (tertiary/aromatic N) is 2. The monoisotopic (exact) mass is 574 g/mol. The number of aromatic nitrogens is 4. The number of H-pyrrole nitrogens is 2. The first kappa shape index (κ1) is 29.6. The highest BCUT2D eigenvalue weighted by Crippen LogP contribution is 2.23. The van der Waals surface area contributed by atoms with Crippen molar-refractivity contribution < 1.29 is 0 Å². The molecule has 5 N–H and O–H groups in total. The lowest BCUT2D eigenvalue weighted by Gasteiger charge is -2.07. The molecule has 0 fully saturated rings. The molecule has 8 nitrogen and oxygen atoms in total. The molecule has 9 heteroatoms. The molecular weight excluding hydrogens is 544 g/mol. The van der Waals surface area contributed by atoms with E-state index in [1.165, 1.54) is 47.4 Å². The van der Waals surface area contributed by atoms with Gasteiger partial charge in [-0.3, -0.25) is 14.6 Å². The Bertz CT molecular complexity index is 1810. The van der Waals surface area contributed by atoms with Crippen LogP contribution in [0, 0.1) is 0 Å². The minimum Gasteiger partial charge on any atom is -0.399 e. The van der Waals surface area contributed by atoms with E-state index in [2.05, 4.69) is 55.6 Å². The Labute approximate surface area is 247 Å². The van der Waals surface area contributed by atoms with Crippen molar-refractivity contribution in [3.05, 3.63) is 154 Å². The number of rotatable bonds is 5. The molecule has 0 unspecified atom stereocenters. The maximum absolute atomic E-state index is 11.2. The molecule has 4 aromatic carbocycles. The summed E-state index contributed by atoms with van der Waals surface area (Å²) in [5.74, 6) is 0.433. The molecule has 0 atom stereocenters. The number of benzene rings is 4. The van der Waals surface area contributed by atoms with Gasteiger partial charge in [-0.2, -0.15) is 0 Å². The van der Waals surface area contributed by atoms with Gasteiger partial charge in [-0.05, 0) is 52.8 Å². The molecule has 0 saturated heterocycles. The Morgan fingerprint density at radius 2 is 1.17 bits per heavy atom. The Kier molecular flexibility index (Phi) is 10.8. The van der Waals surface area contributed by atoms with Gasteiger partial charge in [0.05, 0.1) is 0 Å². The van der Waals surface area contributed by atoms with Crippen molar-refractivity contribution in [2.45, 2.75) is 5.16 Å². The second kappa shape index (κ2) is 15.4. The molecule has 6 aromatic rings. The van der Waals surface area contributed by atoms with E-state index in [-0.39, 0.29) is 11.1 Å². The summed E-state index contributed by atoms with van der Waals surface area (Å²) in [4.78, 5) is 34.9. The fourth-order valence-corrected chi connectivity index (χ4v) is 4.15. The van der Waals surface area contributed by atoms with E-state index >= 15 is 0 Å². The number of nitrogen functional groups attached to an aromatic ring is 1. The SMILES string of the molecule is CSc1nccc(=O)[nH]1.Nc1cccc(-c2ccccc2)c1.O=c1ccnc(Nc2cccc(-c3ccccc3)c2)[nH]1. The molecule has 42 heavy (non-hydrogen) atoms. The standard InChI is InChI=1S/C16H13N3O.C12H11N.C5H6N2OS/c20-15-9-10-17-16(19-15)18-14-8-4-7-13(11-14)12-5-2-1-3-6-12;13-12-8-4-7-11(9-12)10-5-2-1-3-6-10;1-9-5-6-3-2-4(8)7-5/h1-11H,(H2,17,18,19,20);1-9H,13H2;2-3H,1H3,(H,6,7,8). The van der Waals surface area contributed by atoms with Gasteiger partial charge in [0.2, 0.25) is 5.95 Å². The first-order chi connectivity index (χ1) is 20.5. The van der Waals surface area contributed by atoms with Crippen LogP contribution in [0.15, 0.2) is 148 Å². The molecule has 6 rings (SSSR count). The largest absolute Gasteiger partial charge is 0.399 e. The molecule has 0 amide bonds. The summed E-state index contributed by atoms with van der Waals surface area (Å²) in [6, 6.07) is 39.0. The minimum absolute atomic E-state index is 0.102. The summed E-state index contributed by atoms with van der Waals surface area (Å²) in [7, 11) is 0. The zero-order valence-corrected chi connectivity index (χ0v) is 23.7. The van der Waals surface area contributed by atoms with Crippen LogP contribution in [0.2, 0.25) is 0 Å². The molecule has 0 spiro atoms. The molecular formula is C33H30N6O2S. The normalized spacial score (nSPS) is 9.93. The molecule has 0 aliphatic heterocycles. The summed E-state index contributed by atoms with van der Waals surface area (Å²) >= 11 is 1.42. The summed E-state index contributed by atoms with van der Waals surface area (Å²) in [6.45, 7) is 0. The lowest BCUT2D eigenvalue weighted by Crippen LogP contribution is -2.08. The number of anilines is 3. The van der Waals surface area contributed by atoms with Crippen molar-refractivity contribution in [3.8, 4) is 22.3 Å². The van der Waals surface area contributed by atoms with Gasteiger partial charge in [-0.1, -0.05) is 96.7 Å². The van der Waals surface area contributed by atoms with Crippen LogP contribution in [0.3, 0.4) is 0 Å². The van der Waals surface area contributed by atoms with Gasteiger partial charge >= 0.3 is 0 Å². The van der Waals surface area contributed by atoms with Gasteiger partial charge < -0.3 is 16.0 Å². The highest BCUT2D eigenvalue weighted by Gasteiger charge is 2.00. The Hall–Kier alpha value is -5.41. The minimum atomic E-state index is -0.179. The Balaban J connectivity index is 0.000000158. The smallest absolute Gasteiger partial charge is 0.252 e. The molecule has 210 valence electrons. The summed E-state index contributed by atoms with van der Waals surface area (Å²) < 4.78 is 0. The van der Waals surface area contributed by atoms with E-state index in [0.717, 1.165) is 22.5 Å². The van der Waals surface area contributed by atoms with Gasteiger partial charge in [0.15, 0.2) is 5.16 Å². The fourth-order valence-electron chi connectivity index (χ4n) is 3.78. The summed E-state index contributed by atoms with van der Waals surface area (Å²) in [5.41, 5.74) is 11.7. The molecule has 0 radical (unpaired) electrons. The van der Waals surface area contributed by atoms with Crippen LogP contribution in [0.25, 0.3) is 22.3 Å². The second-order valence-electron chi connectivity index (χ2n) is 8.79. The van der Waals surface area contributed by atoms with E-state index in [1.54, 1.807) is 0 Å². The lowest BCUT2D eigenvalue weighted by molar-refractivity contribution is 0.940. The summed E-state index contributed by atoms with van der Waals surface area (Å²) in [6.07, 6.45) is 4.82.